The highest BCUT2D eigenvalue weighted by molar-refractivity contribution is 5.94. The Morgan fingerprint density at radius 3 is 2.75 bits per heavy atom. The number of ether oxygens (including phenoxy) is 1. The Kier molecular flexibility index (Phi) is 4.93. The summed E-state index contributed by atoms with van der Waals surface area (Å²) < 4.78 is 5.71. The van der Waals surface area contributed by atoms with Gasteiger partial charge in [0.15, 0.2) is 5.82 Å². The smallest absolute Gasteiger partial charge is 0.287 e. The summed E-state index contributed by atoms with van der Waals surface area (Å²) in [6.45, 7) is 0.400. The zero-order valence-electron chi connectivity index (χ0n) is 15.1. The average molecular weight is 383 g/mol. The molecule has 0 aliphatic heterocycles. The van der Waals surface area contributed by atoms with Crippen LogP contribution in [0.4, 0.5) is 0 Å². The van der Waals surface area contributed by atoms with E-state index in [1.54, 1.807) is 6.20 Å². The van der Waals surface area contributed by atoms with Crippen LogP contribution in [0.5, 0.6) is 5.88 Å². The Balaban J connectivity index is 1.45. The Labute approximate surface area is 160 Å². The fourth-order valence-electron chi connectivity index (χ4n) is 3.55. The minimum Gasteiger partial charge on any atom is -0.476 e. The molecule has 146 valence electrons. The molecule has 1 aliphatic rings. The predicted molar refractivity (Wildman–Crippen MR) is 99.6 cm³/mol. The minimum absolute atomic E-state index is 0.181. The number of imidazole rings is 1. The lowest BCUT2D eigenvalue weighted by atomic mass is 9.86. The van der Waals surface area contributed by atoms with E-state index < -0.39 is 17.6 Å². The predicted octanol–water partition coefficient (Wildman–Crippen LogP) is 0.664. The number of para-hydroxylation sites is 2. The summed E-state index contributed by atoms with van der Waals surface area (Å²) in [5, 5.41) is 22.9. The zero-order valence-corrected chi connectivity index (χ0v) is 15.1. The molecular weight excluding hydrogens is 362 g/mol. The van der Waals surface area contributed by atoms with Crippen molar-refractivity contribution in [1.82, 2.24) is 25.3 Å². The number of aliphatic hydroxyl groups is 2. The number of hydrogen-bond donors (Lipinski definition) is 4. The number of amides is 1. The summed E-state index contributed by atoms with van der Waals surface area (Å²) in [4.78, 5) is 27.8. The summed E-state index contributed by atoms with van der Waals surface area (Å²) in [6.07, 6.45) is 3.41. The van der Waals surface area contributed by atoms with Crippen molar-refractivity contribution in [2.24, 2.45) is 5.41 Å². The molecule has 2 atom stereocenters. The highest BCUT2D eigenvalue weighted by Crippen LogP contribution is 2.38. The number of aliphatic hydroxyl groups excluding tert-OH is 2. The van der Waals surface area contributed by atoms with Gasteiger partial charge in [-0.25, -0.2) is 9.97 Å². The molecule has 1 amide bonds. The lowest BCUT2D eigenvalue weighted by molar-refractivity contribution is 0.0438. The van der Waals surface area contributed by atoms with Crippen LogP contribution in [-0.2, 0) is 0 Å². The van der Waals surface area contributed by atoms with E-state index in [2.05, 4.69) is 25.3 Å². The number of nitrogens with one attached hydrogen (secondary N) is 2. The van der Waals surface area contributed by atoms with Gasteiger partial charge in [-0.15, -0.1) is 0 Å². The number of aromatic amines is 1. The van der Waals surface area contributed by atoms with Gasteiger partial charge in [0.1, 0.15) is 0 Å². The first-order valence-corrected chi connectivity index (χ1v) is 9.03. The van der Waals surface area contributed by atoms with Crippen molar-refractivity contribution in [3.63, 3.8) is 0 Å². The first kappa shape index (κ1) is 18.3. The number of carbonyl (C=O) groups is 1. The fraction of sp³-hybridized carbons (Fsp3) is 0.368. The molecule has 3 aromatic rings. The monoisotopic (exact) mass is 383 g/mol. The molecule has 9 nitrogen and oxygen atoms in total. The third-order valence-electron chi connectivity index (χ3n) is 5.02. The second kappa shape index (κ2) is 7.53. The topological polar surface area (TPSA) is 133 Å². The van der Waals surface area contributed by atoms with Crippen LogP contribution >= 0.6 is 0 Å². The van der Waals surface area contributed by atoms with E-state index in [4.69, 9.17) is 4.74 Å². The summed E-state index contributed by atoms with van der Waals surface area (Å²) in [6, 6.07) is 7.38. The van der Waals surface area contributed by atoms with Crippen molar-refractivity contribution in [1.29, 1.82) is 0 Å². The molecule has 1 saturated carbocycles. The minimum atomic E-state index is -0.867. The van der Waals surface area contributed by atoms with Crippen molar-refractivity contribution in [2.75, 3.05) is 13.2 Å². The molecule has 4 N–H and O–H groups in total. The van der Waals surface area contributed by atoms with Crippen LogP contribution in [-0.4, -0.2) is 61.4 Å². The fourth-order valence-corrected chi connectivity index (χ4v) is 3.55. The second-order valence-electron chi connectivity index (χ2n) is 7.16. The number of fused-ring (bicyclic) bond motifs is 1. The Morgan fingerprint density at radius 2 is 2.04 bits per heavy atom. The Morgan fingerprint density at radius 1 is 1.25 bits per heavy atom. The molecule has 1 aromatic carbocycles. The van der Waals surface area contributed by atoms with Gasteiger partial charge < -0.3 is 25.3 Å². The number of carbonyl (C=O) groups excluding carboxylic acids is 1. The molecule has 0 radical (unpaired) electrons. The van der Waals surface area contributed by atoms with E-state index in [0.717, 1.165) is 5.52 Å². The van der Waals surface area contributed by atoms with Crippen molar-refractivity contribution in [3.05, 3.63) is 48.7 Å². The molecule has 1 fully saturated rings. The number of hydrogen-bond acceptors (Lipinski definition) is 7. The maximum atomic E-state index is 12.6. The largest absolute Gasteiger partial charge is 0.476 e. The average Bonchev–Trinajstić information content (AvgIpc) is 3.27. The van der Waals surface area contributed by atoms with E-state index in [1.807, 2.05) is 24.3 Å². The van der Waals surface area contributed by atoms with Gasteiger partial charge in [-0.3, -0.25) is 9.78 Å². The molecule has 0 spiro atoms. The standard InChI is InChI=1S/C19H21N5O4/c25-14-7-19(8-15(14)26,11-28-16-9-20-5-6-21-16)10-22-18(27)17-23-12-3-1-2-4-13(12)24-17/h1-6,9,14-15,25-26H,7-8,10-11H2,(H,22,27)(H,23,24). The molecule has 1 aliphatic carbocycles. The van der Waals surface area contributed by atoms with E-state index in [0.29, 0.717) is 24.2 Å². The van der Waals surface area contributed by atoms with Gasteiger partial charge in [0.25, 0.3) is 5.91 Å². The molecule has 9 heteroatoms. The van der Waals surface area contributed by atoms with Gasteiger partial charge in [-0.1, -0.05) is 12.1 Å². The molecule has 4 rings (SSSR count). The van der Waals surface area contributed by atoms with Crippen LogP contribution < -0.4 is 10.1 Å². The summed E-state index contributed by atoms with van der Waals surface area (Å²) in [5.41, 5.74) is 0.859. The summed E-state index contributed by atoms with van der Waals surface area (Å²) in [7, 11) is 0. The van der Waals surface area contributed by atoms with E-state index in [9.17, 15) is 15.0 Å². The van der Waals surface area contributed by atoms with Gasteiger partial charge in [0, 0.05) is 24.4 Å². The lowest BCUT2D eigenvalue weighted by Gasteiger charge is -2.28. The molecule has 0 bridgehead atoms. The van der Waals surface area contributed by atoms with Crippen LogP contribution in [0.15, 0.2) is 42.9 Å². The first-order chi connectivity index (χ1) is 13.5. The van der Waals surface area contributed by atoms with Gasteiger partial charge in [0.05, 0.1) is 36.0 Å². The Hall–Kier alpha value is -3.04. The number of nitrogens with zero attached hydrogens (tertiary/aromatic N) is 3. The van der Waals surface area contributed by atoms with Crippen molar-refractivity contribution in [2.45, 2.75) is 25.0 Å². The van der Waals surface area contributed by atoms with Gasteiger partial charge in [0.2, 0.25) is 5.88 Å². The van der Waals surface area contributed by atoms with Crippen LogP contribution in [0.1, 0.15) is 23.5 Å². The normalized spacial score (nSPS) is 24.4. The van der Waals surface area contributed by atoms with Crippen LogP contribution in [0, 0.1) is 5.41 Å². The zero-order chi connectivity index (χ0) is 19.6. The number of H-pyrrole nitrogens is 1. The van der Waals surface area contributed by atoms with Gasteiger partial charge in [-0.2, -0.15) is 0 Å². The van der Waals surface area contributed by atoms with Crippen LogP contribution in [0.2, 0.25) is 0 Å². The van der Waals surface area contributed by atoms with E-state index >= 15 is 0 Å². The lowest BCUT2D eigenvalue weighted by Crippen LogP contribution is -2.41. The van der Waals surface area contributed by atoms with Crippen LogP contribution in [0.3, 0.4) is 0 Å². The SMILES string of the molecule is O=C(NCC1(COc2cnccn2)CC(O)C(O)C1)c1nc2ccccc2[nH]1. The summed E-state index contributed by atoms with van der Waals surface area (Å²) >= 11 is 0. The third-order valence-corrected chi connectivity index (χ3v) is 5.02. The number of benzene rings is 1. The van der Waals surface area contributed by atoms with Crippen molar-refractivity contribution >= 4 is 16.9 Å². The molecule has 2 heterocycles. The number of rotatable bonds is 6. The highest BCUT2D eigenvalue weighted by atomic mass is 16.5. The van der Waals surface area contributed by atoms with Crippen molar-refractivity contribution < 1.29 is 19.7 Å². The van der Waals surface area contributed by atoms with E-state index in [1.165, 1.54) is 12.4 Å². The maximum Gasteiger partial charge on any atom is 0.287 e. The summed E-state index contributed by atoms with van der Waals surface area (Å²) in [5.74, 6) is 0.206. The number of aromatic nitrogens is 4. The van der Waals surface area contributed by atoms with E-state index in [-0.39, 0.29) is 24.9 Å². The van der Waals surface area contributed by atoms with Gasteiger partial charge in [-0.05, 0) is 25.0 Å². The molecule has 2 unspecified atom stereocenters. The molecule has 28 heavy (non-hydrogen) atoms. The van der Waals surface area contributed by atoms with Crippen molar-refractivity contribution in [3.8, 4) is 5.88 Å². The first-order valence-electron chi connectivity index (χ1n) is 9.03. The third kappa shape index (κ3) is 3.80. The Bertz CT molecular complexity index is 918. The van der Waals surface area contributed by atoms with Crippen LogP contribution in [0.25, 0.3) is 11.0 Å². The van der Waals surface area contributed by atoms with Gasteiger partial charge >= 0.3 is 0 Å². The molecule has 2 aromatic heterocycles. The second-order valence-corrected chi connectivity index (χ2v) is 7.16. The molecular formula is C19H21N5O4. The highest BCUT2D eigenvalue weighted by Gasteiger charge is 2.45. The molecule has 0 saturated heterocycles. The maximum absolute atomic E-state index is 12.6. The quantitative estimate of drug-likeness (QED) is 0.491.